The summed E-state index contributed by atoms with van der Waals surface area (Å²) in [5.74, 6) is -2.88. The topological polar surface area (TPSA) is 139 Å². The van der Waals surface area contributed by atoms with Crippen molar-refractivity contribution in [3.05, 3.63) is 75.2 Å². The van der Waals surface area contributed by atoms with Gasteiger partial charge in [0.1, 0.15) is 0 Å². The number of aliphatic imine (C=N–C) groups is 1. The van der Waals surface area contributed by atoms with Gasteiger partial charge in [0.25, 0.3) is 5.91 Å². The Morgan fingerprint density at radius 3 is 2.35 bits per heavy atom. The molecule has 1 aliphatic carbocycles. The molecule has 0 bridgehead atoms. The lowest BCUT2D eigenvalue weighted by molar-refractivity contribution is -0.149. The minimum atomic E-state index is -5.09. The molecule has 1 heterocycles. The van der Waals surface area contributed by atoms with Crippen molar-refractivity contribution in [3.8, 4) is 6.07 Å². The molecule has 0 radical (unpaired) electrons. The molecule has 9 nitrogen and oxygen atoms in total. The lowest BCUT2D eigenvalue weighted by atomic mass is 9.86. The highest BCUT2D eigenvalue weighted by molar-refractivity contribution is 6.39. The van der Waals surface area contributed by atoms with E-state index in [4.69, 9.17) is 33.7 Å². The monoisotopic (exact) mass is 637 g/mol. The summed E-state index contributed by atoms with van der Waals surface area (Å²) in [4.78, 5) is 47.6. The van der Waals surface area contributed by atoms with E-state index in [2.05, 4.69) is 9.98 Å². The molecule has 0 spiro atoms. The summed E-state index contributed by atoms with van der Waals surface area (Å²) in [6, 6.07) is 7.24. The number of ether oxygens (including phenoxy) is 1. The zero-order chi connectivity index (χ0) is 31.7. The maximum atomic E-state index is 14.4. The molecular weight excluding hydrogens is 610 g/mol. The molecular formula is C29H28Cl2F3N5O4. The minimum Gasteiger partial charge on any atom is -0.466 e. The molecule has 228 valence electrons. The standard InChI is InChI=1S/C29H28Cl2F3N5O4/c1-2-43-28(42)17-7-9-20(10-8-17)38-26(29(32,33)34)21(12-36)27(41)39(15-19-6-4-3-5-18(19)11-35)16-24(40)25-22(30)13-37-14-23(25)31/h3-6,12-14,17,20H,2,7-10,15-16,36H2,1H3. The van der Waals surface area contributed by atoms with Crippen LogP contribution in [0.1, 0.15) is 54.1 Å². The molecule has 3 rings (SSSR count). The summed E-state index contributed by atoms with van der Waals surface area (Å²) in [6.45, 7) is 0.688. The van der Waals surface area contributed by atoms with Crippen LogP contribution in [0.4, 0.5) is 13.2 Å². The lowest BCUT2D eigenvalue weighted by Crippen LogP contribution is -2.41. The molecule has 1 amide bonds. The van der Waals surface area contributed by atoms with Crippen LogP contribution in [-0.4, -0.2) is 58.6 Å². The molecule has 2 N–H and O–H groups in total. The molecule has 1 fully saturated rings. The average Bonchev–Trinajstić information content (AvgIpc) is 2.96. The van der Waals surface area contributed by atoms with Gasteiger partial charge in [0.2, 0.25) is 0 Å². The van der Waals surface area contributed by atoms with E-state index in [-0.39, 0.29) is 59.0 Å². The number of nitrogens with two attached hydrogens (primary N) is 1. The maximum absolute atomic E-state index is 14.4. The summed E-state index contributed by atoms with van der Waals surface area (Å²) in [7, 11) is 0. The van der Waals surface area contributed by atoms with Crippen LogP contribution in [0, 0.1) is 17.2 Å². The number of carbonyl (C=O) groups is 3. The number of alkyl halides is 3. The Morgan fingerprint density at radius 1 is 1.16 bits per heavy atom. The fourth-order valence-corrected chi connectivity index (χ4v) is 5.28. The number of nitriles is 1. The number of Topliss-reactive ketones (excluding diaryl/α,β-unsaturated/α-hetero) is 1. The predicted molar refractivity (Wildman–Crippen MR) is 153 cm³/mol. The first-order valence-electron chi connectivity index (χ1n) is 13.2. The first-order valence-corrected chi connectivity index (χ1v) is 14.0. The highest BCUT2D eigenvalue weighted by Crippen LogP contribution is 2.31. The number of benzene rings is 1. The Labute approximate surface area is 256 Å². The fourth-order valence-electron chi connectivity index (χ4n) is 4.70. The first kappa shape index (κ1) is 33.6. The van der Waals surface area contributed by atoms with Crippen LogP contribution < -0.4 is 5.73 Å². The summed E-state index contributed by atoms with van der Waals surface area (Å²) >= 11 is 12.2. The SMILES string of the molecule is CCOC(=O)C1CCC(N=C(C(=CN)C(=O)N(CC(=O)c2c(Cl)cncc2Cl)Cc2ccccc2C#N)C(F)(F)F)CC1. The zero-order valence-corrected chi connectivity index (χ0v) is 24.5. The third kappa shape index (κ3) is 8.55. The van der Waals surface area contributed by atoms with Crippen LogP contribution >= 0.6 is 23.2 Å². The van der Waals surface area contributed by atoms with Gasteiger partial charge in [-0.25, -0.2) is 0 Å². The Kier molecular flexibility index (Phi) is 11.7. The van der Waals surface area contributed by atoms with Crippen molar-refractivity contribution in [3.63, 3.8) is 0 Å². The van der Waals surface area contributed by atoms with Crippen LogP contribution in [0.3, 0.4) is 0 Å². The number of amides is 1. The van der Waals surface area contributed by atoms with Gasteiger partial charge in [0, 0.05) is 25.1 Å². The van der Waals surface area contributed by atoms with E-state index in [1.807, 2.05) is 6.07 Å². The first-order chi connectivity index (χ1) is 20.4. The molecule has 1 aromatic carbocycles. The number of carbonyl (C=O) groups excluding carboxylic acids is 3. The second-order valence-corrected chi connectivity index (χ2v) is 10.5. The molecule has 0 atom stereocenters. The van der Waals surface area contributed by atoms with Crippen molar-refractivity contribution >= 4 is 46.6 Å². The number of ketones is 1. The van der Waals surface area contributed by atoms with Gasteiger partial charge in [-0.1, -0.05) is 41.4 Å². The largest absolute Gasteiger partial charge is 0.466 e. The number of rotatable bonds is 10. The summed E-state index contributed by atoms with van der Waals surface area (Å²) in [5.41, 5.74) is 3.37. The van der Waals surface area contributed by atoms with Gasteiger partial charge in [-0.05, 0) is 44.2 Å². The third-order valence-corrected chi connectivity index (χ3v) is 7.38. The molecule has 0 saturated heterocycles. The molecule has 0 unspecified atom stereocenters. The van der Waals surface area contributed by atoms with Crippen molar-refractivity contribution in [2.45, 2.75) is 51.4 Å². The Bertz CT molecular complexity index is 1440. The molecule has 1 aromatic heterocycles. The highest BCUT2D eigenvalue weighted by Gasteiger charge is 2.43. The summed E-state index contributed by atoms with van der Waals surface area (Å²) in [6.07, 6.45) is -1.41. The lowest BCUT2D eigenvalue weighted by Gasteiger charge is -2.28. The second-order valence-electron chi connectivity index (χ2n) is 9.64. The van der Waals surface area contributed by atoms with Crippen molar-refractivity contribution in [2.24, 2.45) is 16.6 Å². The number of aromatic nitrogens is 1. The average molecular weight is 638 g/mol. The number of hydrogen-bond acceptors (Lipinski definition) is 8. The van der Waals surface area contributed by atoms with Crippen molar-refractivity contribution < 1.29 is 32.3 Å². The van der Waals surface area contributed by atoms with Gasteiger partial charge in [-0.15, -0.1) is 0 Å². The Morgan fingerprint density at radius 2 is 1.79 bits per heavy atom. The zero-order valence-electron chi connectivity index (χ0n) is 23.0. The van der Waals surface area contributed by atoms with Gasteiger partial charge in [-0.2, -0.15) is 18.4 Å². The third-order valence-electron chi connectivity index (χ3n) is 6.80. The molecule has 14 heteroatoms. The number of nitrogens with zero attached hydrogens (tertiary/aromatic N) is 4. The molecule has 1 saturated carbocycles. The van der Waals surface area contributed by atoms with E-state index >= 15 is 0 Å². The summed E-state index contributed by atoms with van der Waals surface area (Å²) in [5, 5.41) is 9.29. The van der Waals surface area contributed by atoms with Gasteiger partial charge in [-0.3, -0.25) is 24.4 Å². The van der Waals surface area contributed by atoms with Crippen LogP contribution in [-0.2, 0) is 20.9 Å². The molecule has 2 aromatic rings. The van der Waals surface area contributed by atoms with Crippen LogP contribution in [0.5, 0.6) is 0 Å². The van der Waals surface area contributed by atoms with Crippen molar-refractivity contribution in [2.75, 3.05) is 13.2 Å². The number of esters is 1. The predicted octanol–water partition coefficient (Wildman–Crippen LogP) is 5.44. The Balaban J connectivity index is 1.98. The van der Waals surface area contributed by atoms with Gasteiger partial charge in [0.05, 0.1) is 57.9 Å². The van der Waals surface area contributed by atoms with Gasteiger partial charge >= 0.3 is 12.1 Å². The Hall–Kier alpha value is -3.95. The molecule has 43 heavy (non-hydrogen) atoms. The van der Waals surface area contributed by atoms with Crippen LogP contribution in [0.2, 0.25) is 10.0 Å². The molecule has 0 aliphatic heterocycles. The van der Waals surface area contributed by atoms with E-state index in [1.54, 1.807) is 19.1 Å². The number of hydrogen-bond donors (Lipinski definition) is 1. The van der Waals surface area contributed by atoms with Gasteiger partial charge in [0.15, 0.2) is 11.5 Å². The van der Waals surface area contributed by atoms with E-state index in [9.17, 15) is 32.8 Å². The number of halogens is 5. The van der Waals surface area contributed by atoms with Crippen LogP contribution in [0.15, 0.2) is 53.4 Å². The normalized spacial score (nSPS) is 17.6. The van der Waals surface area contributed by atoms with Crippen molar-refractivity contribution in [1.82, 2.24) is 9.88 Å². The van der Waals surface area contributed by atoms with E-state index < -0.39 is 60.2 Å². The number of pyridine rings is 1. The van der Waals surface area contributed by atoms with E-state index in [1.165, 1.54) is 12.1 Å². The summed E-state index contributed by atoms with van der Waals surface area (Å²) < 4.78 is 48.2. The fraction of sp³-hybridized carbons (Fsp3) is 0.379. The van der Waals surface area contributed by atoms with E-state index in [0.29, 0.717) is 6.20 Å². The minimum absolute atomic E-state index is 0.118. The van der Waals surface area contributed by atoms with E-state index in [0.717, 1.165) is 17.3 Å². The highest BCUT2D eigenvalue weighted by atomic mass is 35.5. The van der Waals surface area contributed by atoms with Gasteiger partial charge < -0.3 is 15.4 Å². The maximum Gasteiger partial charge on any atom is 0.433 e. The second kappa shape index (κ2) is 15.0. The quantitative estimate of drug-likeness (QED) is 0.158. The van der Waals surface area contributed by atoms with Crippen LogP contribution in [0.25, 0.3) is 0 Å². The van der Waals surface area contributed by atoms with Crippen molar-refractivity contribution in [1.29, 1.82) is 5.26 Å². The molecule has 1 aliphatic rings. The smallest absolute Gasteiger partial charge is 0.433 e.